The van der Waals surface area contributed by atoms with Crippen molar-refractivity contribution in [3.8, 4) is 0 Å². The van der Waals surface area contributed by atoms with Crippen LogP contribution >= 0.6 is 0 Å². The molecule has 0 aromatic carbocycles. The van der Waals surface area contributed by atoms with Crippen molar-refractivity contribution in [3.63, 3.8) is 0 Å². The topological polar surface area (TPSA) is 32.7 Å². The largest absolute Gasteiger partial charge is 0.393 e. The SMILES string of the molecule is CCC1COC(C)CN1C1CCC(O)CC1. The van der Waals surface area contributed by atoms with Gasteiger partial charge in [-0.1, -0.05) is 6.92 Å². The highest BCUT2D eigenvalue weighted by Gasteiger charge is 2.33. The molecule has 1 aliphatic heterocycles. The lowest BCUT2D eigenvalue weighted by Crippen LogP contribution is -2.54. The van der Waals surface area contributed by atoms with E-state index in [1.165, 1.54) is 6.42 Å². The number of aliphatic hydroxyl groups is 1. The molecule has 3 heteroatoms. The van der Waals surface area contributed by atoms with E-state index in [2.05, 4.69) is 18.7 Å². The van der Waals surface area contributed by atoms with Gasteiger partial charge in [-0.15, -0.1) is 0 Å². The molecule has 0 radical (unpaired) electrons. The van der Waals surface area contributed by atoms with E-state index in [1.54, 1.807) is 0 Å². The van der Waals surface area contributed by atoms with E-state index >= 15 is 0 Å². The first-order valence-electron chi connectivity index (χ1n) is 6.76. The van der Waals surface area contributed by atoms with Gasteiger partial charge in [0.1, 0.15) is 0 Å². The van der Waals surface area contributed by atoms with Crippen LogP contribution in [0, 0.1) is 0 Å². The summed E-state index contributed by atoms with van der Waals surface area (Å²) in [6, 6.07) is 1.27. The summed E-state index contributed by atoms with van der Waals surface area (Å²) in [6.07, 6.45) is 5.77. The molecule has 0 amide bonds. The predicted molar refractivity (Wildman–Crippen MR) is 64.5 cm³/mol. The number of morpholine rings is 1. The van der Waals surface area contributed by atoms with Crippen molar-refractivity contribution in [1.82, 2.24) is 4.90 Å². The second kappa shape index (κ2) is 5.48. The summed E-state index contributed by atoms with van der Waals surface area (Å²) in [5.74, 6) is 0. The minimum Gasteiger partial charge on any atom is -0.393 e. The molecule has 1 N–H and O–H groups in total. The molecule has 2 unspecified atom stereocenters. The quantitative estimate of drug-likeness (QED) is 0.780. The Bertz CT molecular complexity index is 214. The lowest BCUT2D eigenvalue weighted by atomic mass is 9.90. The van der Waals surface area contributed by atoms with E-state index in [0.717, 1.165) is 38.8 Å². The van der Waals surface area contributed by atoms with E-state index < -0.39 is 0 Å². The maximum atomic E-state index is 9.56. The molecule has 3 nitrogen and oxygen atoms in total. The van der Waals surface area contributed by atoms with Gasteiger partial charge in [0, 0.05) is 18.6 Å². The molecule has 2 atom stereocenters. The molecule has 1 heterocycles. The van der Waals surface area contributed by atoms with Crippen LogP contribution in [0.2, 0.25) is 0 Å². The van der Waals surface area contributed by atoms with Crippen molar-refractivity contribution < 1.29 is 9.84 Å². The Morgan fingerprint density at radius 1 is 1.25 bits per heavy atom. The van der Waals surface area contributed by atoms with Gasteiger partial charge in [-0.2, -0.15) is 0 Å². The standard InChI is InChI=1S/C13H25NO2/c1-3-11-9-16-10(2)8-14(11)12-4-6-13(15)7-5-12/h10-13,15H,3-9H2,1-2H3. The Hall–Kier alpha value is -0.120. The summed E-state index contributed by atoms with van der Waals surface area (Å²) in [6.45, 7) is 6.36. The molecule has 1 aliphatic carbocycles. The average molecular weight is 227 g/mol. The van der Waals surface area contributed by atoms with Crippen LogP contribution in [0.1, 0.15) is 46.0 Å². The number of ether oxygens (including phenoxy) is 1. The molecule has 1 saturated carbocycles. The van der Waals surface area contributed by atoms with Gasteiger partial charge in [0.25, 0.3) is 0 Å². The maximum Gasteiger partial charge on any atom is 0.0674 e. The zero-order chi connectivity index (χ0) is 11.5. The van der Waals surface area contributed by atoms with Crippen molar-refractivity contribution >= 4 is 0 Å². The van der Waals surface area contributed by atoms with Gasteiger partial charge in [-0.25, -0.2) is 0 Å². The van der Waals surface area contributed by atoms with Gasteiger partial charge in [0.2, 0.25) is 0 Å². The Kier molecular flexibility index (Phi) is 4.22. The predicted octanol–water partition coefficient (Wildman–Crippen LogP) is 1.79. The van der Waals surface area contributed by atoms with Crippen LogP contribution in [0.25, 0.3) is 0 Å². The smallest absolute Gasteiger partial charge is 0.0674 e. The van der Waals surface area contributed by atoms with E-state index in [0.29, 0.717) is 18.2 Å². The highest BCUT2D eigenvalue weighted by atomic mass is 16.5. The third-order valence-electron chi connectivity index (χ3n) is 4.12. The van der Waals surface area contributed by atoms with Crippen molar-refractivity contribution in [2.45, 2.75) is 70.2 Å². The fraction of sp³-hybridized carbons (Fsp3) is 1.00. The molecule has 1 saturated heterocycles. The second-order valence-corrected chi connectivity index (χ2v) is 5.37. The Labute approximate surface area is 98.8 Å². The Morgan fingerprint density at radius 3 is 2.56 bits per heavy atom. The summed E-state index contributed by atoms with van der Waals surface area (Å²) in [4.78, 5) is 2.64. The van der Waals surface area contributed by atoms with E-state index in [-0.39, 0.29) is 6.10 Å². The van der Waals surface area contributed by atoms with Crippen LogP contribution in [0.15, 0.2) is 0 Å². The van der Waals surface area contributed by atoms with Gasteiger partial charge >= 0.3 is 0 Å². The Balaban J connectivity index is 1.94. The summed E-state index contributed by atoms with van der Waals surface area (Å²) in [5, 5.41) is 9.56. The number of aliphatic hydroxyl groups excluding tert-OH is 1. The Morgan fingerprint density at radius 2 is 1.94 bits per heavy atom. The zero-order valence-corrected chi connectivity index (χ0v) is 10.6. The molecule has 2 aliphatic rings. The molecule has 2 fully saturated rings. The van der Waals surface area contributed by atoms with Gasteiger partial charge in [0.05, 0.1) is 18.8 Å². The van der Waals surface area contributed by atoms with Crippen molar-refractivity contribution in [2.75, 3.05) is 13.2 Å². The molecule has 0 spiro atoms. The lowest BCUT2D eigenvalue weighted by Gasteiger charge is -2.45. The first kappa shape index (κ1) is 12.3. The third-order valence-corrected chi connectivity index (χ3v) is 4.12. The maximum absolute atomic E-state index is 9.56. The van der Waals surface area contributed by atoms with Crippen LogP contribution in [0.4, 0.5) is 0 Å². The number of hydrogen-bond donors (Lipinski definition) is 1. The molecule has 0 bridgehead atoms. The average Bonchev–Trinajstić information content (AvgIpc) is 2.30. The molecule has 94 valence electrons. The fourth-order valence-corrected chi connectivity index (χ4v) is 3.06. The summed E-state index contributed by atoms with van der Waals surface area (Å²) < 4.78 is 5.73. The number of nitrogens with zero attached hydrogens (tertiary/aromatic N) is 1. The molecule has 0 aromatic heterocycles. The minimum absolute atomic E-state index is 0.0465. The van der Waals surface area contributed by atoms with E-state index in [9.17, 15) is 5.11 Å². The van der Waals surface area contributed by atoms with Gasteiger partial charge in [-0.3, -0.25) is 4.90 Å². The summed E-state index contributed by atoms with van der Waals surface area (Å²) in [5.41, 5.74) is 0. The van der Waals surface area contributed by atoms with Crippen molar-refractivity contribution in [1.29, 1.82) is 0 Å². The molecule has 2 rings (SSSR count). The normalized spacial score (nSPS) is 42.2. The second-order valence-electron chi connectivity index (χ2n) is 5.37. The lowest BCUT2D eigenvalue weighted by molar-refractivity contribution is -0.0819. The van der Waals surface area contributed by atoms with E-state index in [4.69, 9.17) is 4.74 Å². The van der Waals surface area contributed by atoms with Gasteiger partial charge < -0.3 is 9.84 Å². The highest BCUT2D eigenvalue weighted by Crippen LogP contribution is 2.27. The van der Waals surface area contributed by atoms with Crippen LogP contribution in [-0.4, -0.2) is 47.4 Å². The first-order chi connectivity index (χ1) is 7.70. The number of rotatable bonds is 2. The van der Waals surface area contributed by atoms with Crippen LogP contribution < -0.4 is 0 Å². The number of hydrogen-bond acceptors (Lipinski definition) is 3. The van der Waals surface area contributed by atoms with Gasteiger partial charge in [0.15, 0.2) is 0 Å². The molecule has 0 aromatic rings. The van der Waals surface area contributed by atoms with Crippen LogP contribution in [0.5, 0.6) is 0 Å². The van der Waals surface area contributed by atoms with Crippen LogP contribution in [-0.2, 0) is 4.74 Å². The summed E-state index contributed by atoms with van der Waals surface area (Å²) in [7, 11) is 0. The van der Waals surface area contributed by atoms with Crippen molar-refractivity contribution in [2.24, 2.45) is 0 Å². The first-order valence-corrected chi connectivity index (χ1v) is 6.76. The molecular formula is C13H25NO2. The molecule has 16 heavy (non-hydrogen) atoms. The van der Waals surface area contributed by atoms with Gasteiger partial charge in [-0.05, 0) is 39.0 Å². The zero-order valence-electron chi connectivity index (χ0n) is 10.6. The minimum atomic E-state index is -0.0465. The van der Waals surface area contributed by atoms with Crippen molar-refractivity contribution in [3.05, 3.63) is 0 Å². The summed E-state index contributed by atoms with van der Waals surface area (Å²) >= 11 is 0. The monoisotopic (exact) mass is 227 g/mol. The molecular weight excluding hydrogens is 202 g/mol. The fourth-order valence-electron chi connectivity index (χ4n) is 3.06. The van der Waals surface area contributed by atoms with E-state index in [1.807, 2.05) is 0 Å². The van der Waals surface area contributed by atoms with Crippen LogP contribution in [0.3, 0.4) is 0 Å². The third kappa shape index (κ3) is 2.76. The highest BCUT2D eigenvalue weighted by molar-refractivity contribution is 4.86.